The molecule has 4 aromatic rings. The summed E-state index contributed by atoms with van der Waals surface area (Å²) in [5, 5.41) is 5.93. The number of ether oxygens (including phenoxy) is 1. The number of rotatable bonds is 12. The summed E-state index contributed by atoms with van der Waals surface area (Å²) in [6.45, 7) is 6.07. The summed E-state index contributed by atoms with van der Waals surface area (Å²) in [5.74, 6) is -1.32. The van der Waals surface area contributed by atoms with Crippen LogP contribution in [0.15, 0.2) is 81.8 Å². The number of carbonyl (C=O) groups is 1. The van der Waals surface area contributed by atoms with Crippen LogP contribution in [0.25, 0.3) is 5.69 Å². The zero-order valence-corrected chi connectivity index (χ0v) is 30.0. The monoisotopic (exact) mass is 754 g/mol. The number of benzene rings is 3. The van der Waals surface area contributed by atoms with E-state index >= 15 is 0 Å². The van der Waals surface area contributed by atoms with Gasteiger partial charge in [-0.2, -0.15) is 0 Å². The largest absolute Gasteiger partial charge is 0.379 e. The lowest BCUT2D eigenvalue weighted by atomic mass is 9.81. The van der Waals surface area contributed by atoms with Crippen LogP contribution in [0.1, 0.15) is 30.7 Å². The van der Waals surface area contributed by atoms with E-state index in [0.29, 0.717) is 54.2 Å². The van der Waals surface area contributed by atoms with Gasteiger partial charge >= 0.3 is 0 Å². The molecule has 1 aliphatic heterocycles. The first kappa shape index (κ1) is 36.5. The van der Waals surface area contributed by atoms with Crippen molar-refractivity contribution >= 4 is 60.6 Å². The lowest BCUT2D eigenvalue weighted by Gasteiger charge is -2.27. The molecule has 0 aliphatic carbocycles. The Morgan fingerprint density at radius 3 is 2.27 bits per heavy atom. The van der Waals surface area contributed by atoms with Crippen LogP contribution in [0.3, 0.4) is 0 Å². The molecule has 1 saturated heterocycles. The van der Waals surface area contributed by atoms with E-state index in [1.807, 2.05) is 23.3 Å². The lowest BCUT2D eigenvalue weighted by Crippen LogP contribution is -2.40. The molecule has 3 aromatic carbocycles. The van der Waals surface area contributed by atoms with Crippen LogP contribution in [-0.4, -0.2) is 75.7 Å². The van der Waals surface area contributed by atoms with Crippen molar-refractivity contribution in [3.8, 4) is 5.69 Å². The minimum absolute atomic E-state index is 0.0209. The van der Waals surface area contributed by atoms with Crippen molar-refractivity contribution in [1.29, 1.82) is 0 Å². The number of sulfonamides is 1. The van der Waals surface area contributed by atoms with E-state index in [9.17, 15) is 26.0 Å². The van der Waals surface area contributed by atoms with Gasteiger partial charge in [0.2, 0.25) is 10.0 Å². The van der Waals surface area contributed by atoms with Crippen LogP contribution < -0.4 is 5.14 Å². The number of hydrogen-bond donors (Lipinski definition) is 1. The van der Waals surface area contributed by atoms with Crippen LogP contribution >= 0.6 is 35.0 Å². The molecule has 5 rings (SSSR count). The highest BCUT2D eigenvalue weighted by molar-refractivity contribution is 7.98. The third-order valence-electron chi connectivity index (χ3n) is 8.03. The average Bonchev–Trinajstić information content (AvgIpc) is 3.46. The number of Topliss-reactive ketones (excluding diaryl/α,β-unsaturated/α-hetero) is 1. The zero-order valence-electron chi connectivity index (χ0n) is 26.0. The van der Waals surface area contributed by atoms with Gasteiger partial charge in [-0.15, -0.1) is 0 Å². The lowest BCUT2D eigenvalue weighted by molar-refractivity contribution is -0.118. The molecule has 2 heterocycles. The van der Waals surface area contributed by atoms with Crippen molar-refractivity contribution in [3.05, 3.63) is 99.5 Å². The molecular formula is C32H33Cl2FN4O6S3. The summed E-state index contributed by atoms with van der Waals surface area (Å²) >= 11 is 14.1. The molecule has 0 atom stereocenters. The standard InChI is InChI=1S/C32H33Cl2FN4O6S3/c1-32(2,22-4-8-25(9-5-22)48(36,43)44)30-17-37-31(39(30)23-6-10-29(35)28(34)15-23)46-19-21-3-7-26(16-27(21)33)47(41,42)20-24(40)18-38-11-13-45-14-12-38/h3-10,15-17H,11-14,18-20H2,1-2H3,(H2,36,43,44). The molecule has 0 saturated carbocycles. The molecular weight excluding hydrogens is 722 g/mol. The minimum Gasteiger partial charge on any atom is -0.379 e. The first-order valence-electron chi connectivity index (χ1n) is 14.7. The van der Waals surface area contributed by atoms with Gasteiger partial charge in [-0.05, 0) is 53.6 Å². The zero-order chi connectivity index (χ0) is 34.9. The van der Waals surface area contributed by atoms with E-state index in [2.05, 4.69) is 4.98 Å². The Balaban J connectivity index is 1.40. The summed E-state index contributed by atoms with van der Waals surface area (Å²) < 4.78 is 71.0. The molecule has 1 aromatic heterocycles. The second-order valence-corrected chi connectivity index (χ2v) is 17.1. The SMILES string of the molecule is CC(C)(c1ccc(S(N)(=O)=O)cc1)c1cnc(SCc2ccc(S(=O)(=O)CC(=O)CN3CCOCC3)cc2Cl)n1-c1ccc(F)c(Cl)c1. The number of hydrogen-bond acceptors (Lipinski definition) is 9. The Morgan fingerprint density at radius 2 is 1.65 bits per heavy atom. The van der Waals surface area contributed by atoms with Gasteiger partial charge in [0.1, 0.15) is 11.6 Å². The topological polar surface area (TPSA) is 142 Å². The number of thioether (sulfide) groups is 1. The number of ketones is 1. The number of primary sulfonamides is 1. The normalized spacial score (nSPS) is 14.7. The smallest absolute Gasteiger partial charge is 0.238 e. The number of nitrogens with two attached hydrogens (primary N) is 1. The fraction of sp³-hybridized carbons (Fsp3) is 0.312. The molecule has 0 radical (unpaired) electrons. The molecule has 1 aliphatic rings. The van der Waals surface area contributed by atoms with Gasteiger partial charge in [0.25, 0.3) is 0 Å². The van der Waals surface area contributed by atoms with E-state index in [0.717, 1.165) is 5.56 Å². The quantitative estimate of drug-likeness (QED) is 0.192. The number of halogens is 3. The third kappa shape index (κ3) is 8.30. The van der Waals surface area contributed by atoms with Crippen molar-refractivity contribution in [3.63, 3.8) is 0 Å². The highest BCUT2D eigenvalue weighted by atomic mass is 35.5. The van der Waals surface area contributed by atoms with Gasteiger partial charge in [-0.25, -0.2) is 31.3 Å². The van der Waals surface area contributed by atoms with Crippen molar-refractivity contribution < 1.29 is 30.8 Å². The van der Waals surface area contributed by atoms with Crippen LogP contribution in [0.5, 0.6) is 0 Å². The van der Waals surface area contributed by atoms with Gasteiger partial charge in [0.15, 0.2) is 20.8 Å². The minimum atomic E-state index is -3.92. The van der Waals surface area contributed by atoms with Gasteiger partial charge in [-0.3, -0.25) is 14.3 Å². The maximum absolute atomic E-state index is 14.2. The van der Waals surface area contributed by atoms with E-state index in [-0.39, 0.29) is 26.4 Å². The molecule has 1 fully saturated rings. The Hall–Kier alpha value is -2.82. The molecule has 0 spiro atoms. The fourth-order valence-electron chi connectivity index (χ4n) is 5.29. The second kappa shape index (κ2) is 14.6. The Bertz CT molecular complexity index is 2050. The number of imidazole rings is 1. The molecule has 0 amide bonds. The van der Waals surface area contributed by atoms with Crippen LogP contribution in [0.2, 0.25) is 10.0 Å². The van der Waals surface area contributed by atoms with Gasteiger partial charge in [0.05, 0.1) is 46.5 Å². The number of carbonyl (C=O) groups excluding carboxylic acids is 1. The Morgan fingerprint density at radius 1 is 0.979 bits per heavy atom. The maximum Gasteiger partial charge on any atom is 0.238 e. The molecule has 0 unspecified atom stereocenters. The molecule has 2 N–H and O–H groups in total. The van der Waals surface area contributed by atoms with Crippen molar-refractivity contribution in [2.75, 3.05) is 38.6 Å². The van der Waals surface area contributed by atoms with Crippen LogP contribution in [0, 0.1) is 5.82 Å². The van der Waals surface area contributed by atoms with Crippen LogP contribution in [-0.2, 0) is 40.6 Å². The Labute approximate surface area is 293 Å². The summed E-state index contributed by atoms with van der Waals surface area (Å²) in [6, 6.07) is 14.9. The van der Waals surface area contributed by atoms with Gasteiger partial charge in [-0.1, -0.05) is 67.0 Å². The highest BCUT2D eigenvalue weighted by Gasteiger charge is 2.30. The van der Waals surface area contributed by atoms with Gasteiger partial charge < -0.3 is 4.74 Å². The summed E-state index contributed by atoms with van der Waals surface area (Å²) in [7, 11) is -7.80. The molecule has 16 heteroatoms. The number of sulfone groups is 1. The van der Waals surface area contributed by atoms with Crippen molar-refractivity contribution in [1.82, 2.24) is 14.5 Å². The summed E-state index contributed by atoms with van der Waals surface area (Å²) in [5.41, 5.74) is 1.91. The summed E-state index contributed by atoms with van der Waals surface area (Å²) in [4.78, 5) is 19.0. The van der Waals surface area contributed by atoms with Crippen LogP contribution in [0.4, 0.5) is 4.39 Å². The third-order valence-corrected chi connectivity index (χ3v) is 12.3. The van der Waals surface area contributed by atoms with E-state index in [4.69, 9.17) is 33.1 Å². The molecule has 10 nitrogen and oxygen atoms in total. The van der Waals surface area contributed by atoms with E-state index < -0.39 is 42.6 Å². The summed E-state index contributed by atoms with van der Waals surface area (Å²) in [6.07, 6.45) is 1.68. The average molecular weight is 756 g/mol. The van der Waals surface area contributed by atoms with Gasteiger partial charge in [0, 0.05) is 35.0 Å². The second-order valence-electron chi connectivity index (χ2n) is 11.8. The predicted octanol–water partition coefficient (Wildman–Crippen LogP) is 5.26. The predicted molar refractivity (Wildman–Crippen MR) is 184 cm³/mol. The van der Waals surface area contributed by atoms with E-state index in [1.165, 1.54) is 48.2 Å². The first-order chi connectivity index (χ1) is 22.6. The van der Waals surface area contributed by atoms with E-state index in [1.54, 1.807) is 30.5 Å². The first-order valence-corrected chi connectivity index (χ1v) is 19.6. The Kier molecular flexibility index (Phi) is 11.1. The van der Waals surface area contributed by atoms with Crippen molar-refractivity contribution in [2.24, 2.45) is 5.14 Å². The maximum atomic E-state index is 14.2. The highest BCUT2D eigenvalue weighted by Crippen LogP contribution is 2.38. The van der Waals surface area contributed by atoms with Crippen molar-refractivity contribution in [2.45, 2.75) is 40.0 Å². The molecule has 48 heavy (non-hydrogen) atoms. The molecule has 256 valence electrons. The number of aromatic nitrogens is 2. The number of morpholine rings is 1. The number of nitrogens with zero attached hydrogens (tertiary/aromatic N) is 3. The molecule has 0 bridgehead atoms. The fourth-order valence-corrected chi connectivity index (χ4v) is 8.62.